The lowest BCUT2D eigenvalue weighted by molar-refractivity contribution is 0.122. The molecule has 0 bridgehead atoms. The van der Waals surface area contributed by atoms with Crippen molar-refractivity contribution in [2.75, 3.05) is 26.2 Å². The Kier molecular flexibility index (Phi) is 9.33. The van der Waals surface area contributed by atoms with Crippen LogP contribution in [0.3, 0.4) is 0 Å². The van der Waals surface area contributed by atoms with E-state index in [9.17, 15) is 0 Å². The van der Waals surface area contributed by atoms with Crippen LogP contribution in [0.4, 0.5) is 0 Å². The van der Waals surface area contributed by atoms with E-state index in [1.807, 2.05) is 48.5 Å². The van der Waals surface area contributed by atoms with Crippen molar-refractivity contribution in [1.82, 2.24) is 9.80 Å². The van der Waals surface area contributed by atoms with Crippen LogP contribution in [0, 0.1) is 0 Å². The van der Waals surface area contributed by atoms with E-state index in [1.165, 1.54) is 11.1 Å². The van der Waals surface area contributed by atoms with E-state index in [4.69, 9.17) is 46.4 Å². The molecule has 0 amide bonds. The Bertz CT molecular complexity index is 1190. The first-order valence-electron chi connectivity index (χ1n) is 12.9. The fourth-order valence-corrected chi connectivity index (χ4v) is 5.69. The van der Waals surface area contributed by atoms with Gasteiger partial charge in [0.1, 0.15) is 0 Å². The zero-order chi connectivity index (χ0) is 26.5. The van der Waals surface area contributed by atoms with Crippen LogP contribution in [0.15, 0.2) is 97.1 Å². The van der Waals surface area contributed by atoms with E-state index in [0.717, 1.165) is 71.6 Å². The Hall–Kier alpha value is -2.04. The summed E-state index contributed by atoms with van der Waals surface area (Å²) in [5, 5.41) is 1.10. The predicted octanol–water partition coefficient (Wildman–Crippen LogP) is 8.97. The molecule has 2 nitrogen and oxygen atoms in total. The number of nitrogens with zero attached hydrogens (tertiary/aromatic N) is 2. The van der Waals surface area contributed by atoms with Gasteiger partial charge in [-0.15, -0.1) is 23.2 Å². The molecule has 196 valence electrons. The molecule has 0 aliphatic carbocycles. The number of benzene rings is 4. The average Bonchev–Trinajstić information content (AvgIpc) is 2.95. The average molecular weight is 584 g/mol. The molecule has 1 aliphatic heterocycles. The van der Waals surface area contributed by atoms with Crippen LogP contribution in [0.2, 0.25) is 10.0 Å². The van der Waals surface area contributed by atoms with E-state index >= 15 is 0 Å². The van der Waals surface area contributed by atoms with Crippen LogP contribution in [0.1, 0.15) is 44.1 Å². The minimum atomic E-state index is -0.174. The fourth-order valence-electron chi connectivity index (χ4n) is 4.85. The molecular weight excluding hydrogens is 554 g/mol. The lowest BCUT2D eigenvalue weighted by Gasteiger charge is -2.34. The molecular formula is C32H30Cl4N2. The van der Waals surface area contributed by atoms with Gasteiger partial charge in [-0.25, -0.2) is 0 Å². The van der Waals surface area contributed by atoms with Gasteiger partial charge < -0.3 is 0 Å². The van der Waals surface area contributed by atoms with Gasteiger partial charge in [0.25, 0.3) is 0 Å². The van der Waals surface area contributed by atoms with Crippen molar-refractivity contribution in [3.8, 4) is 0 Å². The SMILES string of the molecule is Clc1ccc(C(Cl)c2ccc(CN3CCN(Cc4ccc(C(Cl)c5ccc(Cl)cc5)cc4)CC3)cc2)cc1. The normalized spacial score (nSPS) is 16.3. The molecule has 0 N–H and O–H groups in total. The predicted molar refractivity (Wildman–Crippen MR) is 162 cm³/mol. The van der Waals surface area contributed by atoms with Gasteiger partial charge in [-0.05, 0) is 57.6 Å². The molecule has 1 saturated heterocycles. The quantitative estimate of drug-likeness (QED) is 0.191. The molecule has 0 aromatic heterocycles. The van der Waals surface area contributed by atoms with Gasteiger partial charge in [0.15, 0.2) is 0 Å². The number of rotatable bonds is 8. The van der Waals surface area contributed by atoms with Crippen LogP contribution in [0.25, 0.3) is 0 Å². The van der Waals surface area contributed by atoms with Gasteiger partial charge in [0.2, 0.25) is 0 Å². The van der Waals surface area contributed by atoms with Crippen molar-refractivity contribution in [2.24, 2.45) is 0 Å². The van der Waals surface area contributed by atoms with Crippen LogP contribution in [0.5, 0.6) is 0 Å². The van der Waals surface area contributed by atoms with Crippen molar-refractivity contribution in [3.63, 3.8) is 0 Å². The monoisotopic (exact) mass is 582 g/mol. The first-order chi connectivity index (χ1) is 18.4. The van der Waals surface area contributed by atoms with Crippen LogP contribution >= 0.6 is 46.4 Å². The molecule has 2 unspecified atom stereocenters. The topological polar surface area (TPSA) is 6.48 Å². The highest BCUT2D eigenvalue weighted by molar-refractivity contribution is 6.31. The summed E-state index contributed by atoms with van der Waals surface area (Å²) in [5.74, 6) is 0. The van der Waals surface area contributed by atoms with Crippen molar-refractivity contribution in [2.45, 2.75) is 23.8 Å². The number of hydrogen-bond donors (Lipinski definition) is 0. The molecule has 0 saturated carbocycles. The van der Waals surface area contributed by atoms with Gasteiger partial charge in [-0.3, -0.25) is 9.80 Å². The summed E-state index contributed by atoms with van der Waals surface area (Å²) in [6.45, 7) is 6.15. The van der Waals surface area contributed by atoms with Gasteiger partial charge >= 0.3 is 0 Å². The summed E-state index contributed by atoms with van der Waals surface area (Å²) >= 11 is 25.4. The highest BCUT2D eigenvalue weighted by atomic mass is 35.5. The lowest BCUT2D eigenvalue weighted by Crippen LogP contribution is -2.45. The van der Waals surface area contributed by atoms with E-state index < -0.39 is 0 Å². The minimum Gasteiger partial charge on any atom is -0.297 e. The summed E-state index contributed by atoms with van der Waals surface area (Å²) in [7, 11) is 0. The number of halogens is 4. The maximum Gasteiger partial charge on any atom is 0.0835 e. The molecule has 6 heteroatoms. The van der Waals surface area contributed by atoms with Gasteiger partial charge in [-0.2, -0.15) is 0 Å². The Morgan fingerprint density at radius 2 is 0.711 bits per heavy atom. The number of alkyl halides is 2. The van der Waals surface area contributed by atoms with Crippen molar-refractivity contribution < 1.29 is 0 Å². The highest BCUT2D eigenvalue weighted by Gasteiger charge is 2.18. The summed E-state index contributed by atoms with van der Waals surface area (Å²) < 4.78 is 0. The van der Waals surface area contributed by atoms with Crippen molar-refractivity contribution in [1.29, 1.82) is 0 Å². The second-order valence-electron chi connectivity index (χ2n) is 9.86. The molecule has 5 rings (SSSR count). The maximum absolute atomic E-state index is 6.70. The summed E-state index contributed by atoms with van der Waals surface area (Å²) in [6.07, 6.45) is 0. The zero-order valence-electron chi connectivity index (χ0n) is 21.0. The molecule has 4 aromatic rings. The second kappa shape index (κ2) is 12.9. The van der Waals surface area contributed by atoms with E-state index in [2.05, 4.69) is 58.3 Å². The maximum atomic E-state index is 6.70. The minimum absolute atomic E-state index is 0.174. The molecule has 38 heavy (non-hydrogen) atoms. The third kappa shape index (κ3) is 7.12. The van der Waals surface area contributed by atoms with Gasteiger partial charge in [-0.1, -0.05) is 96.0 Å². The number of piperazine rings is 1. The molecule has 1 aliphatic rings. The molecule has 1 fully saturated rings. The Morgan fingerprint density at radius 1 is 0.447 bits per heavy atom. The largest absolute Gasteiger partial charge is 0.297 e. The van der Waals surface area contributed by atoms with Crippen LogP contribution in [-0.2, 0) is 13.1 Å². The Labute approximate surface area is 245 Å². The first kappa shape index (κ1) is 27.5. The summed E-state index contributed by atoms with van der Waals surface area (Å²) in [6, 6.07) is 32.8. The highest BCUT2D eigenvalue weighted by Crippen LogP contribution is 2.31. The Balaban J connectivity index is 1.09. The molecule has 1 heterocycles. The number of hydrogen-bond acceptors (Lipinski definition) is 2. The lowest BCUT2D eigenvalue weighted by atomic mass is 10.0. The summed E-state index contributed by atoms with van der Waals surface area (Å²) in [4.78, 5) is 5.05. The standard InChI is InChI=1S/C32H30Cl4N2/c33-29-13-9-27(10-14-29)31(35)25-5-1-23(2-6-25)21-37-17-19-38(20-18-37)22-24-3-7-26(8-4-24)32(36)28-11-15-30(34)16-12-28/h1-16,31-32H,17-22H2. The van der Waals surface area contributed by atoms with E-state index in [0.29, 0.717) is 0 Å². The third-order valence-corrected chi connectivity index (χ3v) is 8.66. The fraction of sp³-hybridized carbons (Fsp3) is 0.250. The molecule has 0 spiro atoms. The third-order valence-electron chi connectivity index (χ3n) is 7.15. The zero-order valence-corrected chi connectivity index (χ0v) is 24.1. The Morgan fingerprint density at radius 3 is 1.00 bits per heavy atom. The van der Waals surface area contributed by atoms with E-state index in [1.54, 1.807) is 0 Å². The van der Waals surface area contributed by atoms with Crippen LogP contribution in [-0.4, -0.2) is 36.0 Å². The molecule has 2 atom stereocenters. The van der Waals surface area contributed by atoms with E-state index in [-0.39, 0.29) is 10.8 Å². The molecule has 4 aromatic carbocycles. The smallest absolute Gasteiger partial charge is 0.0835 e. The van der Waals surface area contributed by atoms with Gasteiger partial charge in [0, 0.05) is 49.3 Å². The second-order valence-corrected chi connectivity index (χ2v) is 11.6. The van der Waals surface area contributed by atoms with Crippen molar-refractivity contribution >= 4 is 46.4 Å². The first-order valence-corrected chi connectivity index (χ1v) is 14.5. The van der Waals surface area contributed by atoms with Crippen molar-refractivity contribution in [3.05, 3.63) is 140 Å². The summed E-state index contributed by atoms with van der Waals surface area (Å²) in [5.41, 5.74) is 6.94. The molecule has 0 radical (unpaired) electrons. The van der Waals surface area contributed by atoms with Gasteiger partial charge in [0.05, 0.1) is 10.8 Å². The van der Waals surface area contributed by atoms with Crippen LogP contribution < -0.4 is 0 Å².